The fourth-order valence-electron chi connectivity index (χ4n) is 1.72. The summed E-state index contributed by atoms with van der Waals surface area (Å²) in [7, 11) is 0. The van der Waals surface area contributed by atoms with Crippen LogP contribution in [-0.4, -0.2) is 15.0 Å². The summed E-state index contributed by atoms with van der Waals surface area (Å²) in [5, 5.41) is 4.58. The first kappa shape index (κ1) is 13.1. The van der Waals surface area contributed by atoms with Crippen LogP contribution in [0.1, 0.15) is 29.4 Å². The summed E-state index contributed by atoms with van der Waals surface area (Å²) in [6, 6.07) is 7.24. The van der Waals surface area contributed by atoms with Crippen molar-refractivity contribution in [2.24, 2.45) is 0 Å². The van der Waals surface area contributed by atoms with Crippen molar-refractivity contribution in [3.63, 3.8) is 0 Å². The van der Waals surface area contributed by atoms with Crippen molar-refractivity contribution < 1.29 is 4.79 Å². The van der Waals surface area contributed by atoms with Crippen molar-refractivity contribution in [1.82, 2.24) is 9.78 Å². The van der Waals surface area contributed by atoms with E-state index in [-0.39, 0.29) is 0 Å². The predicted octanol–water partition coefficient (Wildman–Crippen LogP) is 3.86. The number of rotatable bonds is 4. The summed E-state index contributed by atoms with van der Waals surface area (Å²) in [5.74, 6) is 0. The number of carbonyl (C=O) groups is 1. The Labute approximate surface area is 115 Å². The van der Waals surface area contributed by atoms with E-state index in [0.29, 0.717) is 10.6 Å². The first-order valence-corrected chi connectivity index (χ1v) is 6.41. The molecule has 0 amide bonds. The number of carbonyl (C=O) groups excluding carboxylic acids is 1. The van der Waals surface area contributed by atoms with Crippen LogP contribution in [0.5, 0.6) is 0 Å². The van der Waals surface area contributed by atoms with Gasteiger partial charge in [0.05, 0.1) is 16.9 Å². The van der Waals surface area contributed by atoms with Gasteiger partial charge in [-0.1, -0.05) is 24.9 Å². The van der Waals surface area contributed by atoms with Crippen molar-refractivity contribution in [3.05, 3.63) is 46.7 Å². The zero-order valence-corrected chi connectivity index (χ0v) is 11.4. The lowest BCUT2D eigenvalue weighted by molar-refractivity contribution is 0.108. The largest absolute Gasteiger partial charge is 0.275 e. The van der Waals surface area contributed by atoms with Crippen molar-refractivity contribution in [2.75, 3.05) is 0 Å². The monoisotopic (exact) mass is 282 g/mol. The van der Waals surface area contributed by atoms with E-state index in [1.807, 2.05) is 19.1 Å². The summed E-state index contributed by atoms with van der Waals surface area (Å²) < 4.78 is 1.65. The highest BCUT2D eigenvalue weighted by Crippen LogP contribution is 2.17. The smallest absolute Gasteiger partial charge is 0.255 e. The molecule has 1 aromatic carbocycles. The molecule has 18 heavy (non-hydrogen) atoms. The van der Waals surface area contributed by atoms with Crippen LogP contribution in [0.4, 0.5) is 0 Å². The number of hydrogen-bond acceptors (Lipinski definition) is 2. The van der Waals surface area contributed by atoms with Crippen molar-refractivity contribution in [3.8, 4) is 5.69 Å². The molecule has 0 fully saturated rings. The maximum Gasteiger partial charge on any atom is 0.255 e. The van der Waals surface area contributed by atoms with E-state index in [1.165, 1.54) is 0 Å². The Kier molecular flexibility index (Phi) is 4.04. The number of nitrogens with zero attached hydrogens (tertiary/aromatic N) is 2. The van der Waals surface area contributed by atoms with Gasteiger partial charge in [-0.25, -0.2) is 4.68 Å². The van der Waals surface area contributed by atoms with Crippen LogP contribution in [0, 0.1) is 0 Å². The van der Waals surface area contributed by atoms with Crippen LogP contribution < -0.4 is 0 Å². The molecule has 0 aliphatic heterocycles. The van der Waals surface area contributed by atoms with Gasteiger partial charge in [0, 0.05) is 11.2 Å². The summed E-state index contributed by atoms with van der Waals surface area (Å²) >= 11 is 11.4. The number of hydrogen-bond donors (Lipinski definition) is 0. The zero-order chi connectivity index (χ0) is 13.1. The minimum atomic E-state index is -0.473. The van der Waals surface area contributed by atoms with Crippen LogP contribution in [0.25, 0.3) is 5.69 Å². The highest BCUT2D eigenvalue weighted by molar-refractivity contribution is 6.67. The van der Waals surface area contributed by atoms with Gasteiger partial charge in [-0.2, -0.15) is 5.10 Å². The lowest BCUT2D eigenvalue weighted by Gasteiger charge is -2.00. The first-order chi connectivity index (χ1) is 8.61. The van der Waals surface area contributed by atoms with Crippen LogP contribution in [0.2, 0.25) is 5.02 Å². The number of aromatic nitrogens is 2. The molecule has 0 unspecified atom stereocenters. The first-order valence-electron chi connectivity index (χ1n) is 5.66. The van der Waals surface area contributed by atoms with E-state index in [1.54, 1.807) is 23.0 Å². The summed E-state index contributed by atoms with van der Waals surface area (Å²) in [6.07, 6.45) is 3.30. The Morgan fingerprint density at radius 1 is 1.33 bits per heavy atom. The third kappa shape index (κ3) is 2.74. The Hall–Kier alpha value is -1.32. The Bertz CT molecular complexity index is 561. The molecule has 1 aromatic heterocycles. The molecule has 5 heteroatoms. The maximum absolute atomic E-state index is 11.3. The molecule has 0 aliphatic carbocycles. The molecule has 0 aliphatic rings. The van der Waals surface area contributed by atoms with E-state index in [0.717, 1.165) is 24.2 Å². The Balaban J connectivity index is 2.42. The van der Waals surface area contributed by atoms with Gasteiger partial charge in [-0.05, 0) is 42.3 Å². The summed E-state index contributed by atoms with van der Waals surface area (Å²) in [5.41, 5.74) is 2.04. The molecule has 0 saturated carbocycles. The lowest BCUT2D eigenvalue weighted by atomic mass is 10.2. The molecule has 2 rings (SSSR count). The Morgan fingerprint density at radius 3 is 2.56 bits per heavy atom. The minimum Gasteiger partial charge on any atom is -0.275 e. The fourth-order valence-corrected chi connectivity index (χ4v) is 2.01. The molecule has 0 N–H and O–H groups in total. The quantitative estimate of drug-likeness (QED) is 0.799. The molecule has 0 radical (unpaired) electrons. The van der Waals surface area contributed by atoms with E-state index < -0.39 is 5.24 Å². The Morgan fingerprint density at radius 2 is 2.00 bits per heavy atom. The molecule has 0 bridgehead atoms. The third-order valence-electron chi connectivity index (χ3n) is 2.58. The average Bonchev–Trinajstić information content (AvgIpc) is 2.75. The maximum atomic E-state index is 11.3. The van der Waals surface area contributed by atoms with Crippen LogP contribution in [0.3, 0.4) is 0 Å². The number of halogens is 2. The van der Waals surface area contributed by atoms with Crippen molar-refractivity contribution in [2.45, 2.75) is 19.8 Å². The molecule has 0 atom stereocenters. The third-order valence-corrected chi connectivity index (χ3v) is 3.04. The van der Waals surface area contributed by atoms with Gasteiger partial charge in [-0.15, -0.1) is 0 Å². The van der Waals surface area contributed by atoms with Gasteiger partial charge < -0.3 is 0 Å². The normalized spacial score (nSPS) is 10.6. The van der Waals surface area contributed by atoms with Crippen LogP contribution in [0.15, 0.2) is 30.5 Å². The topological polar surface area (TPSA) is 34.9 Å². The van der Waals surface area contributed by atoms with Crippen LogP contribution >= 0.6 is 23.2 Å². The zero-order valence-electron chi connectivity index (χ0n) is 9.86. The molecule has 1 heterocycles. The second-order valence-corrected chi connectivity index (χ2v) is 4.71. The van der Waals surface area contributed by atoms with Gasteiger partial charge in [0.15, 0.2) is 0 Å². The van der Waals surface area contributed by atoms with Crippen molar-refractivity contribution in [1.29, 1.82) is 0 Å². The minimum absolute atomic E-state index is 0.466. The molecule has 3 nitrogen and oxygen atoms in total. The van der Waals surface area contributed by atoms with Gasteiger partial charge in [0.25, 0.3) is 5.24 Å². The molecule has 0 spiro atoms. The highest BCUT2D eigenvalue weighted by Gasteiger charge is 2.14. The average molecular weight is 283 g/mol. The summed E-state index contributed by atoms with van der Waals surface area (Å²) in [4.78, 5) is 11.3. The second-order valence-electron chi connectivity index (χ2n) is 3.93. The second kappa shape index (κ2) is 5.55. The standard InChI is InChI=1S/C13H12Cl2N2O/c1-2-3-12-11(13(15)18)8-17(16-12)10-6-4-9(14)5-7-10/h4-8H,2-3H2,1H3. The molecule has 0 saturated heterocycles. The van der Waals surface area contributed by atoms with Gasteiger partial charge >= 0.3 is 0 Å². The fraction of sp³-hybridized carbons (Fsp3) is 0.231. The molecule has 2 aromatic rings. The lowest BCUT2D eigenvalue weighted by Crippen LogP contribution is -1.96. The van der Waals surface area contributed by atoms with E-state index in [4.69, 9.17) is 23.2 Å². The van der Waals surface area contributed by atoms with Crippen molar-refractivity contribution >= 4 is 28.4 Å². The molecule has 94 valence electrons. The van der Waals surface area contributed by atoms with E-state index in [9.17, 15) is 4.79 Å². The predicted molar refractivity (Wildman–Crippen MR) is 72.8 cm³/mol. The molecular formula is C13H12Cl2N2O. The summed E-state index contributed by atoms with van der Waals surface area (Å²) in [6.45, 7) is 2.03. The van der Waals surface area contributed by atoms with E-state index >= 15 is 0 Å². The van der Waals surface area contributed by atoms with Gasteiger partial charge in [0.2, 0.25) is 0 Å². The number of benzene rings is 1. The highest BCUT2D eigenvalue weighted by atomic mass is 35.5. The number of aryl methyl sites for hydroxylation is 1. The van der Waals surface area contributed by atoms with Gasteiger partial charge in [-0.3, -0.25) is 4.79 Å². The van der Waals surface area contributed by atoms with E-state index in [2.05, 4.69) is 5.10 Å². The SMILES string of the molecule is CCCc1nn(-c2ccc(Cl)cc2)cc1C(=O)Cl. The van der Waals surface area contributed by atoms with Gasteiger partial charge in [0.1, 0.15) is 0 Å². The van der Waals surface area contributed by atoms with Crippen LogP contribution in [-0.2, 0) is 6.42 Å². The molecular weight excluding hydrogens is 271 g/mol.